The molecule has 1 aliphatic carbocycles. The summed E-state index contributed by atoms with van der Waals surface area (Å²) in [5.41, 5.74) is 0. The van der Waals surface area contributed by atoms with Gasteiger partial charge in [-0.15, -0.1) is 0 Å². The normalized spacial score (nSPS) is 16.9. The lowest BCUT2D eigenvalue weighted by Gasteiger charge is -2.24. The Hall–Kier alpha value is -0.770. The van der Waals surface area contributed by atoms with E-state index in [4.69, 9.17) is 0 Å². The third-order valence-electron chi connectivity index (χ3n) is 4.25. The van der Waals surface area contributed by atoms with E-state index in [-0.39, 0.29) is 0 Å². The topological polar surface area (TPSA) is 39.7 Å². The lowest BCUT2D eigenvalue weighted by Crippen LogP contribution is -2.42. The van der Waals surface area contributed by atoms with Crippen molar-refractivity contribution in [1.82, 2.24) is 15.5 Å². The molecule has 0 aliphatic heterocycles. The van der Waals surface area contributed by atoms with Crippen molar-refractivity contribution >= 4 is 5.96 Å². The van der Waals surface area contributed by atoms with Gasteiger partial charge in [0, 0.05) is 32.7 Å². The third-order valence-corrected chi connectivity index (χ3v) is 4.25. The average molecular weight is 282 g/mol. The predicted octanol–water partition coefficient (Wildman–Crippen LogP) is 2.61. The third kappa shape index (κ3) is 7.13. The van der Waals surface area contributed by atoms with E-state index in [1.54, 1.807) is 0 Å². The van der Waals surface area contributed by atoms with Crippen molar-refractivity contribution in [3.05, 3.63) is 0 Å². The fourth-order valence-corrected chi connectivity index (χ4v) is 2.86. The monoisotopic (exact) mass is 282 g/mol. The molecule has 0 aromatic heterocycles. The number of unbranched alkanes of at least 4 members (excludes halogenated alkanes) is 3. The molecule has 0 radical (unpaired) electrons. The van der Waals surface area contributed by atoms with Crippen molar-refractivity contribution in [3.8, 4) is 0 Å². The molecule has 1 rings (SSSR count). The lowest BCUT2D eigenvalue weighted by molar-refractivity contribution is 0.249. The van der Waals surface area contributed by atoms with E-state index in [2.05, 4.69) is 34.5 Å². The van der Waals surface area contributed by atoms with Gasteiger partial charge >= 0.3 is 0 Å². The van der Waals surface area contributed by atoms with Gasteiger partial charge in [-0.25, -0.2) is 0 Å². The van der Waals surface area contributed by atoms with E-state index in [0.29, 0.717) is 0 Å². The standard InChI is InChI=1S/C16H34N4/c1-4-5-6-9-12-18-16(17-2)19-13-14-20(3)15-10-7-8-11-15/h15H,4-14H2,1-3H3,(H2,17,18,19). The summed E-state index contributed by atoms with van der Waals surface area (Å²) in [5, 5.41) is 6.80. The minimum atomic E-state index is 0.806. The second-order valence-corrected chi connectivity index (χ2v) is 5.91. The second kappa shape index (κ2) is 11.0. The van der Waals surface area contributed by atoms with Crippen molar-refractivity contribution in [2.75, 3.05) is 33.7 Å². The summed E-state index contributed by atoms with van der Waals surface area (Å²) < 4.78 is 0. The smallest absolute Gasteiger partial charge is 0.191 e. The van der Waals surface area contributed by atoms with E-state index in [0.717, 1.165) is 31.6 Å². The Morgan fingerprint density at radius 2 is 1.80 bits per heavy atom. The number of rotatable bonds is 9. The number of nitrogens with one attached hydrogen (secondary N) is 2. The fraction of sp³-hybridized carbons (Fsp3) is 0.938. The highest BCUT2D eigenvalue weighted by Crippen LogP contribution is 2.21. The molecule has 0 aromatic rings. The van der Waals surface area contributed by atoms with Crippen LogP contribution in [0, 0.1) is 0 Å². The second-order valence-electron chi connectivity index (χ2n) is 5.91. The molecule has 1 fully saturated rings. The molecule has 0 spiro atoms. The first-order valence-electron chi connectivity index (χ1n) is 8.42. The summed E-state index contributed by atoms with van der Waals surface area (Å²) in [6.45, 7) is 5.34. The van der Waals surface area contributed by atoms with Crippen molar-refractivity contribution < 1.29 is 0 Å². The average Bonchev–Trinajstić information content (AvgIpc) is 2.99. The van der Waals surface area contributed by atoms with E-state index in [1.165, 1.54) is 51.4 Å². The van der Waals surface area contributed by atoms with Crippen LogP contribution in [0.15, 0.2) is 4.99 Å². The van der Waals surface area contributed by atoms with Crippen LogP contribution in [0.25, 0.3) is 0 Å². The molecule has 4 nitrogen and oxygen atoms in total. The number of aliphatic imine (C=N–C) groups is 1. The zero-order valence-electron chi connectivity index (χ0n) is 13.7. The van der Waals surface area contributed by atoms with Crippen molar-refractivity contribution in [3.63, 3.8) is 0 Å². The highest BCUT2D eigenvalue weighted by atomic mass is 15.2. The fourth-order valence-electron chi connectivity index (χ4n) is 2.86. The first kappa shape index (κ1) is 17.3. The Balaban J connectivity index is 2.05. The molecule has 0 unspecified atom stereocenters. The van der Waals surface area contributed by atoms with Gasteiger partial charge in [-0.3, -0.25) is 4.99 Å². The van der Waals surface area contributed by atoms with Gasteiger partial charge in [-0.1, -0.05) is 39.0 Å². The molecule has 1 aliphatic rings. The molecule has 0 amide bonds. The van der Waals surface area contributed by atoms with Crippen LogP contribution in [-0.2, 0) is 0 Å². The van der Waals surface area contributed by atoms with Gasteiger partial charge in [-0.2, -0.15) is 0 Å². The molecular formula is C16H34N4. The molecule has 0 atom stereocenters. The molecule has 4 heteroatoms. The van der Waals surface area contributed by atoms with Gasteiger partial charge in [0.25, 0.3) is 0 Å². The summed E-state index contributed by atoms with van der Waals surface area (Å²) in [5.74, 6) is 0.946. The maximum Gasteiger partial charge on any atom is 0.191 e. The highest BCUT2D eigenvalue weighted by Gasteiger charge is 2.18. The van der Waals surface area contributed by atoms with Gasteiger partial charge in [-0.05, 0) is 26.3 Å². The van der Waals surface area contributed by atoms with Crippen molar-refractivity contribution in [2.45, 2.75) is 64.3 Å². The Bertz CT molecular complexity index is 259. The highest BCUT2D eigenvalue weighted by molar-refractivity contribution is 5.79. The zero-order chi connectivity index (χ0) is 14.6. The molecule has 20 heavy (non-hydrogen) atoms. The number of guanidine groups is 1. The largest absolute Gasteiger partial charge is 0.356 e. The number of hydrogen-bond acceptors (Lipinski definition) is 2. The number of likely N-dealkylation sites (N-methyl/N-ethyl adjacent to an activating group) is 1. The van der Waals surface area contributed by atoms with Gasteiger partial charge < -0.3 is 15.5 Å². The Morgan fingerprint density at radius 1 is 1.10 bits per heavy atom. The first-order chi connectivity index (χ1) is 9.77. The Kier molecular flexibility index (Phi) is 9.46. The predicted molar refractivity (Wildman–Crippen MR) is 88.4 cm³/mol. The van der Waals surface area contributed by atoms with Gasteiger partial charge in [0.05, 0.1) is 0 Å². The maximum absolute atomic E-state index is 4.28. The molecular weight excluding hydrogens is 248 g/mol. The van der Waals surface area contributed by atoms with Crippen molar-refractivity contribution in [2.24, 2.45) is 4.99 Å². The molecule has 0 aromatic carbocycles. The van der Waals surface area contributed by atoms with Crippen LogP contribution < -0.4 is 10.6 Å². The molecule has 1 saturated carbocycles. The van der Waals surface area contributed by atoms with Crippen LogP contribution >= 0.6 is 0 Å². The van der Waals surface area contributed by atoms with E-state index < -0.39 is 0 Å². The quantitative estimate of drug-likeness (QED) is 0.388. The molecule has 0 heterocycles. The van der Waals surface area contributed by atoms with E-state index in [1.807, 2.05) is 7.05 Å². The summed E-state index contributed by atoms with van der Waals surface area (Å²) in [7, 11) is 4.10. The van der Waals surface area contributed by atoms with Crippen molar-refractivity contribution in [1.29, 1.82) is 0 Å². The molecule has 0 saturated heterocycles. The van der Waals surface area contributed by atoms with Gasteiger partial charge in [0.15, 0.2) is 5.96 Å². The van der Waals surface area contributed by atoms with Crippen LogP contribution in [0.5, 0.6) is 0 Å². The van der Waals surface area contributed by atoms with Crippen LogP contribution in [0.1, 0.15) is 58.3 Å². The summed E-state index contributed by atoms with van der Waals surface area (Å²) in [4.78, 5) is 6.77. The molecule has 0 bridgehead atoms. The Labute approximate surface area is 125 Å². The number of nitrogens with zero attached hydrogens (tertiary/aromatic N) is 2. The van der Waals surface area contributed by atoms with Crippen LogP contribution in [0.4, 0.5) is 0 Å². The van der Waals surface area contributed by atoms with Gasteiger partial charge in [0.2, 0.25) is 0 Å². The van der Waals surface area contributed by atoms with Crippen LogP contribution in [-0.4, -0.2) is 50.6 Å². The molecule has 2 N–H and O–H groups in total. The molecule has 118 valence electrons. The lowest BCUT2D eigenvalue weighted by atomic mass is 10.2. The van der Waals surface area contributed by atoms with E-state index in [9.17, 15) is 0 Å². The van der Waals surface area contributed by atoms with Crippen LogP contribution in [0.3, 0.4) is 0 Å². The Morgan fingerprint density at radius 3 is 2.45 bits per heavy atom. The summed E-state index contributed by atoms with van der Waals surface area (Å²) >= 11 is 0. The minimum absolute atomic E-state index is 0.806. The van der Waals surface area contributed by atoms with E-state index >= 15 is 0 Å². The zero-order valence-corrected chi connectivity index (χ0v) is 13.7. The SMILES string of the molecule is CCCCCCNC(=NC)NCCN(C)C1CCCC1. The number of hydrogen-bond donors (Lipinski definition) is 2. The minimum Gasteiger partial charge on any atom is -0.356 e. The first-order valence-corrected chi connectivity index (χ1v) is 8.42. The maximum atomic E-state index is 4.28. The van der Waals surface area contributed by atoms with Gasteiger partial charge in [0.1, 0.15) is 0 Å². The summed E-state index contributed by atoms with van der Waals surface area (Å²) in [6, 6.07) is 0.806. The van der Waals surface area contributed by atoms with Crippen LogP contribution in [0.2, 0.25) is 0 Å². The summed E-state index contributed by atoms with van der Waals surface area (Å²) in [6.07, 6.45) is 10.7.